The van der Waals surface area contributed by atoms with Gasteiger partial charge in [0.1, 0.15) is 0 Å². The summed E-state index contributed by atoms with van der Waals surface area (Å²) in [4.78, 5) is 0. The number of hydrogen-bond acceptors (Lipinski definition) is 0. The Morgan fingerprint density at radius 3 is 2.77 bits per heavy atom. The number of benzene rings is 2. The molecule has 0 aromatic heterocycles. The Hall–Kier alpha value is -1.30. The van der Waals surface area contributed by atoms with Crippen LogP contribution in [0.2, 0.25) is 0 Å². The molecule has 0 unspecified atom stereocenters. The van der Waals surface area contributed by atoms with E-state index < -0.39 is 0 Å². The van der Waals surface area contributed by atoms with Gasteiger partial charge in [0.2, 0.25) is 0 Å². The van der Waals surface area contributed by atoms with E-state index in [0.29, 0.717) is 0 Å². The van der Waals surface area contributed by atoms with E-state index in [2.05, 4.69) is 49.4 Å². The van der Waals surface area contributed by atoms with Gasteiger partial charge >= 0.3 is 0 Å². The summed E-state index contributed by atoms with van der Waals surface area (Å²) in [6, 6.07) is 16.2. The largest absolute Gasteiger partial charge is 0.0651 e. The Morgan fingerprint density at radius 2 is 1.92 bits per heavy atom. The molecule has 0 N–H and O–H groups in total. The predicted molar refractivity (Wildman–Crippen MR) is 56.8 cm³/mol. The fourth-order valence-corrected chi connectivity index (χ4v) is 1.58. The minimum atomic E-state index is 1.13. The maximum absolute atomic E-state index is 3.43. The van der Waals surface area contributed by atoms with E-state index in [1.807, 2.05) is 0 Å². The molecule has 0 amide bonds. The molecule has 1 radical (unpaired) electrons. The van der Waals surface area contributed by atoms with Crippen LogP contribution in [0.15, 0.2) is 36.4 Å². The zero-order valence-corrected chi connectivity index (χ0v) is 7.88. The molecule has 2 aromatic carbocycles. The minimum absolute atomic E-state index is 1.13. The molecule has 0 atom stereocenters. The molecule has 0 aliphatic rings. The molecule has 0 spiro atoms. The van der Waals surface area contributed by atoms with E-state index >= 15 is 0 Å². The van der Waals surface area contributed by atoms with Crippen LogP contribution in [-0.2, 0) is 6.42 Å². The molecular weight excluding hydrogens is 156 g/mol. The van der Waals surface area contributed by atoms with E-state index in [0.717, 1.165) is 6.42 Å². The zero-order chi connectivity index (χ0) is 9.10. The fraction of sp³-hybridized carbons (Fsp3) is 0.231. The van der Waals surface area contributed by atoms with Crippen molar-refractivity contribution in [1.82, 2.24) is 0 Å². The molecule has 13 heavy (non-hydrogen) atoms. The summed E-state index contributed by atoms with van der Waals surface area (Å²) < 4.78 is 0. The Labute approximate surface area is 79.2 Å². The summed E-state index contributed by atoms with van der Waals surface area (Å²) in [5, 5.41) is 2.51. The molecule has 2 aromatic rings. The van der Waals surface area contributed by atoms with Gasteiger partial charge in [-0.3, -0.25) is 0 Å². The topological polar surface area (TPSA) is 0 Å². The average Bonchev–Trinajstić information content (AvgIpc) is 2.18. The summed E-state index contributed by atoms with van der Waals surface area (Å²) in [6.07, 6.45) is 2.32. The highest BCUT2D eigenvalue weighted by molar-refractivity contribution is 5.82. The highest BCUT2D eigenvalue weighted by Gasteiger charge is 1.94. The van der Waals surface area contributed by atoms with Crippen LogP contribution in [0.25, 0.3) is 10.8 Å². The molecule has 0 saturated heterocycles. The Morgan fingerprint density at radius 1 is 1.08 bits per heavy atom. The van der Waals surface area contributed by atoms with Crippen LogP contribution in [0.1, 0.15) is 18.9 Å². The van der Waals surface area contributed by atoms with Gasteiger partial charge in [0.25, 0.3) is 0 Å². The zero-order valence-electron chi connectivity index (χ0n) is 7.88. The number of rotatable bonds is 2. The summed E-state index contributed by atoms with van der Waals surface area (Å²) in [5.74, 6) is 0. The third kappa shape index (κ3) is 1.72. The van der Waals surface area contributed by atoms with E-state index in [1.165, 1.54) is 22.8 Å². The lowest BCUT2D eigenvalue weighted by Gasteiger charge is -2.00. The highest BCUT2D eigenvalue weighted by Crippen LogP contribution is 2.15. The van der Waals surface area contributed by atoms with Crippen molar-refractivity contribution >= 4 is 10.8 Å². The monoisotopic (exact) mass is 169 g/mol. The van der Waals surface area contributed by atoms with Gasteiger partial charge in [-0.15, -0.1) is 0 Å². The maximum atomic E-state index is 3.43. The minimum Gasteiger partial charge on any atom is -0.0651 e. The van der Waals surface area contributed by atoms with Crippen LogP contribution < -0.4 is 0 Å². The number of aryl methyl sites for hydroxylation is 1. The average molecular weight is 169 g/mol. The molecule has 0 heteroatoms. The van der Waals surface area contributed by atoms with Crippen LogP contribution >= 0.6 is 0 Å². The Kier molecular flexibility index (Phi) is 2.31. The van der Waals surface area contributed by atoms with Gasteiger partial charge in [0.05, 0.1) is 0 Å². The lowest BCUT2D eigenvalue weighted by Crippen LogP contribution is -1.83. The second-order valence-electron chi connectivity index (χ2n) is 3.32. The van der Waals surface area contributed by atoms with Crippen LogP contribution in [0, 0.1) is 6.07 Å². The van der Waals surface area contributed by atoms with E-state index in [9.17, 15) is 0 Å². The summed E-state index contributed by atoms with van der Waals surface area (Å²) in [7, 11) is 0. The fourth-order valence-electron chi connectivity index (χ4n) is 1.58. The summed E-state index contributed by atoms with van der Waals surface area (Å²) >= 11 is 0. The Balaban J connectivity index is 2.49. The molecule has 65 valence electrons. The number of hydrogen-bond donors (Lipinski definition) is 0. The van der Waals surface area contributed by atoms with E-state index in [4.69, 9.17) is 0 Å². The maximum Gasteiger partial charge on any atom is -0.00643 e. The lowest BCUT2D eigenvalue weighted by molar-refractivity contribution is 0.922. The van der Waals surface area contributed by atoms with Crippen LogP contribution in [0.3, 0.4) is 0 Å². The molecule has 0 saturated carbocycles. The highest BCUT2D eigenvalue weighted by atomic mass is 14.0. The van der Waals surface area contributed by atoms with Crippen molar-refractivity contribution in [2.75, 3.05) is 0 Å². The van der Waals surface area contributed by atoms with Gasteiger partial charge in [-0.1, -0.05) is 49.7 Å². The lowest BCUT2D eigenvalue weighted by atomic mass is 10.0. The summed E-state index contributed by atoms with van der Waals surface area (Å²) in [5.41, 5.74) is 1.32. The second-order valence-corrected chi connectivity index (χ2v) is 3.32. The third-order valence-electron chi connectivity index (χ3n) is 2.24. The standard InChI is InChI=1S/C13H13/c1-2-5-11-8-9-12-6-3-4-7-13(12)10-11/h3-4,6-9H,2,5H2,1H3. The van der Waals surface area contributed by atoms with Gasteiger partial charge in [0, 0.05) is 0 Å². The van der Waals surface area contributed by atoms with Gasteiger partial charge in [0.15, 0.2) is 0 Å². The Bertz CT molecular complexity index is 401. The molecule has 0 bridgehead atoms. The molecule has 0 heterocycles. The van der Waals surface area contributed by atoms with Crippen molar-refractivity contribution in [3.05, 3.63) is 48.0 Å². The molecule has 2 rings (SSSR count). The van der Waals surface area contributed by atoms with Gasteiger partial charge in [-0.2, -0.15) is 0 Å². The first-order valence-corrected chi connectivity index (χ1v) is 4.80. The third-order valence-corrected chi connectivity index (χ3v) is 2.24. The van der Waals surface area contributed by atoms with Crippen LogP contribution in [-0.4, -0.2) is 0 Å². The van der Waals surface area contributed by atoms with Crippen molar-refractivity contribution in [2.24, 2.45) is 0 Å². The quantitative estimate of drug-likeness (QED) is 0.644. The first-order valence-electron chi connectivity index (χ1n) is 4.80. The van der Waals surface area contributed by atoms with Crippen molar-refractivity contribution in [3.8, 4) is 0 Å². The molecule has 0 aliphatic carbocycles. The van der Waals surface area contributed by atoms with Gasteiger partial charge < -0.3 is 0 Å². The van der Waals surface area contributed by atoms with Crippen LogP contribution in [0.4, 0.5) is 0 Å². The van der Waals surface area contributed by atoms with Crippen molar-refractivity contribution in [1.29, 1.82) is 0 Å². The SMILES string of the molecule is CCCc1[c]c2ccccc2cc1. The molecular formula is C13H13. The van der Waals surface area contributed by atoms with Crippen LogP contribution in [0.5, 0.6) is 0 Å². The first-order chi connectivity index (χ1) is 6.40. The van der Waals surface area contributed by atoms with Crippen molar-refractivity contribution in [3.63, 3.8) is 0 Å². The van der Waals surface area contributed by atoms with E-state index in [1.54, 1.807) is 0 Å². The molecule has 0 aliphatic heterocycles. The first kappa shape index (κ1) is 8.31. The predicted octanol–water partition coefficient (Wildman–Crippen LogP) is 3.59. The molecule has 0 fully saturated rings. The number of fused-ring (bicyclic) bond motifs is 1. The van der Waals surface area contributed by atoms with Crippen molar-refractivity contribution < 1.29 is 0 Å². The molecule has 0 nitrogen and oxygen atoms in total. The van der Waals surface area contributed by atoms with E-state index in [-0.39, 0.29) is 0 Å². The normalized spacial score (nSPS) is 10.5. The van der Waals surface area contributed by atoms with Gasteiger partial charge in [-0.25, -0.2) is 0 Å². The second kappa shape index (κ2) is 3.61. The summed E-state index contributed by atoms with van der Waals surface area (Å²) in [6.45, 7) is 2.20. The van der Waals surface area contributed by atoms with Crippen molar-refractivity contribution in [2.45, 2.75) is 19.8 Å². The van der Waals surface area contributed by atoms with Gasteiger partial charge in [-0.05, 0) is 28.8 Å². The smallest absolute Gasteiger partial charge is 0.00643 e.